The van der Waals surface area contributed by atoms with Crippen LogP contribution in [0.1, 0.15) is 16.1 Å². The van der Waals surface area contributed by atoms with E-state index in [0.29, 0.717) is 6.54 Å². The average Bonchev–Trinajstić information content (AvgIpc) is 2.85. The Morgan fingerprint density at radius 2 is 2.26 bits per heavy atom. The average molecular weight is 278 g/mol. The molecule has 1 aromatic heterocycles. The number of hydrogen-bond acceptors (Lipinski definition) is 3. The van der Waals surface area contributed by atoms with Gasteiger partial charge in [0.2, 0.25) is 5.91 Å². The minimum absolute atomic E-state index is 0.00454. The SMILES string of the molecule is Cc1cc(F)ccc1CC(=O)N(C)Cc1nccs1. The highest BCUT2D eigenvalue weighted by atomic mass is 32.1. The molecule has 1 aromatic carbocycles. The zero-order valence-electron chi connectivity index (χ0n) is 10.9. The molecule has 0 aliphatic rings. The first-order valence-corrected chi connectivity index (χ1v) is 6.81. The fourth-order valence-electron chi connectivity index (χ4n) is 1.78. The molecule has 0 saturated carbocycles. The minimum Gasteiger partial charge on any atom is -0.339 e. The van der Waals surface area contributed by atoms with Gasteiger partial charge < -0.3 is 4.90 Å². The smallest absolute Gasteiger partial charge is 0.227 e. The van der Waals surface area contributed by atoms with Crippen LogP contribution in [0.25, 0.3) is 0 Å². The second-order valence-corrected chi connectivity index (χ2v) is 5.40. The summed E-state index contributed by atoms with van der Waals surface area (Å²) in [5, 5.41) is 2.80. The van der Waals surface area contributed by atoms with Crippen molar-refractivity contribution in [1.82, 2.24) is 9.88 Å². The lowest BCUT2D eigenvalue weighted by atomic mass is 10.1. The van der Waals surface area contributed by atoms with E-state index in [2.05, 4.69) is 4.98 Å². The Morgan fingerprint density at radius 1 is 1.47 bits per heavy atom. The summed E-state index contributed by atoms with van der Waals surface area (Å²) in [7, 11) is 1.75. The molecule has 0 fully saturated rings. The zero-order chi connectivity index (χ0) is 13.8. The van der Waals surface area contributed by atoms with E-state index in [1.807, 2.05) is 12.3 Å². The van der Waals surface area contributed by atoms with Crippen LogP contribution in [-0.2, 0) is 17.8 Å². The molecule has 19 heavy (non-hydrogen) atoms. The molecule has 0 bridgehead atoms. The van der Waals surface area contributed by atoms with E-state index in [0.717, 1.165) is 16.1 Å². The second-order valence-electron chi connectivity index (χ2n) is 4.42. The van der Waals surface area contributed by atoms with E-state index in [1.165, 1.54) is 23.5 Å². The van der Waals surface area contributed by atoms with Crippen molar-refractivity contribution in [3.63, 3.8) is 0 Å². The number of aromatic nitrogens is 1. The van der Waals surface area contributed by atoms with Gasteiger partial charge in [0, 0.05) is 18.6 Å². The molecule has 2 aromatic rings. The molecular weight excluding hydrogens is 263 g/mol. The molecule has 0 aliphatic carbocycles. The predicted octanol–water partition coefficient (Wildman–Crippen LogP) is 2.79. The fraction of sp³-hybridized carbons (Fsp3) is 0.286. The van der Waals surface area contributed by atoms with E-state index in [4.69, 9.17) is 0 Å². The van der Waals surface area contributed by atoms with Gasteiger partial charge in [-0.2, -0.15) is 0 Å². The van der Waals surface area contributed by atoms with Crippen LogP contribution in [0.3, 0.4) is 0 Å². The molecule has 2 rings (SSSR count). The first-order chi connectivity index (χ1) is 9.06. The third-order valence-electron chi connectivity index (χ3n) is 2.93. The summed E-state index contributed by atoms with van der Waals surface area (Å²) in [6.45, 7) is 2.32. The highest BCUT2D eigenvalue weighted by Gasteiger charge is 2.12. The summed E-state index contributed by atoms with van der Waals surface area (Å²) >= 11 is 1.53. The van der Waals surface area contributed by atoms with Crippen LogP contribution < -0.4 is 0 Å². The fourth-order valence-corrected chi connectivity index (χ4v) is 2.45. The van der Waals surface area contributed by atoms with Crippen molar-refractivity contribution in [2.45, 2.75) is 19.9 Å². The summed E-state index contributed by atoms with van der Waals surface area (Å²) in [6, 6.07) is 4.50. The molecule has 1 amide bonds. The topological polar surface area (TPSA) is 33.2 Å². The van der Waals surface area contributed by atoms with Gasteiger partial charge in [-0.1, -0.05) is 6.07 Å². The maximum Gasteiger partial charge on any atom is 0.227 e. The Kier molecular flexibility index (Phi) is 4.27. The van der Waals surface area contributed by atoms with Crippen molar-refractivity contribution < 1.29 is 9.18 Å². The van der Waals surface area contributed by atoms with Gasteiger partial charge >= 0.3 is 0 Å². The van der Waals surface area contributed by atoms with Crippen molar-refractivity contribution in [3.8, 4) is 0 Å². The number of thiazole rings is 1. The maximum atomic E-state index is 13.0. The van der Waals surface area contributed by atoms with Gasteiger partial charge in [0.1, 0.15) is 10.8 Å². The third kappa shape index (κ3) is 3.61. The third-order valence-corrected chi connectivity index (χ3v) is 3.69. The molecular formula is C14H15FN2OS. The van der Waals surface area contributed by atoms with Crippen LogP contribution in [0, 0.1) is 12.7 Å². The van der Waals surface area contributed by atoms with Crippen LogP contribution in [-0.4, -0.2) is 22.8 Å². The number of halogens is 1. The van der Waals surface area contributed by atoms with Crippen LogP contribution >= 0.6 is 11.3 Å². The number of hydrogen-bond donors (Lipinski definition) is 0. The van der Waals surface area contributed by atoms with Crippen LogP contribution in [0.4, 0.5) is 4.39 Å². The van der Waals surface area contributed by atoms with Crippen LogP contribution in [0.2, 0.25) is 0 Å². The number of carbonyl (C=O) groups is 1. The van der Waals surface area contributed by atoms with E-state index in [1.54, 1.807) is 24.2 Å². The molecule has 5 heteroatoms. The molecule has 0 atom stereocenters. The highest BCUT2D eigenvalue weighted by molar-refractivity contribution is 7.09. The van der Waals surface area contributed by atoms with Gasteiger partial charge in [0.15, 0.2) is 0 Å². The van der Waals surface area contributed by atoms with Gasteiger partial charge in [-0.15, -0.1) is 11.3 Å². The van der Waals surface area contributed by atoms with E-state index < -0.39 is 0 Å². The van der Waals surface area contributed by atoms with Crippen molar-refractivity contribution in [3.05, 3.63) is 51.7 Å². The van der Waals surface area contributed by atoms with Gasteiger partial charge in [-0.25, -0.2) is 9.37 Å². The Bertz CT molecular complexity index is 569. The first kappa shape index (κ1) is 13.7. The van der Waals surface area contributed by atoms with Gasteiger partial charge in [-0.3, -0.25) is 4.79 Å². The highest BCUT2D eigenvalue weighted by Crippen LogP contribution is 2.13. The van der Waals surface area contributed by atoms with Crippen molar-refractivity contribution in [2.75, 3.05) is 7.05 Å². The first-order valence-electron chi connectivity index (χ1n) is 5.93. The van der Waals surface area contributed by atoms with E-state index in [-0.39, 0.29) is 18.1 Å². The molecule has 0 spiro atoms. The quantitative estimate of drug-likeness (QED) is 0.861. The Hall–Kier alpha value is -1.75. The molecule has 0 radical (unpaired) electrons. The Balaban J connectivity index is 2.00. The van der Waals surface area contributed by atoms with Crippen molar-refractivity contribution in [1.29, 1.82) is 0 Å². The largest absolute Gasteiger partial charge is 0.339 e. The number of aryl methyl sites for hydroxylation is 1. The molecule has 3 nitrogen and oxygen atoms in total. The number of amides is 1. The molecule has 100 valence electrons. The number of likely N-dealkylation sites (N-methyl/N-ethyl adjacent to an activating group) is 1. The maximum absolute atomic E-state index is 13.0. The lowest BCUT2D eigenvalue weighted by Crippen LogP contribution is -2.27. The lowest BCUT2D eigenvalue weighted by Gasteiger charge is -2.16. The summed E-state index contributed by atoms with van der Waals surface area (Å²) < 4.78 is 13.0. The summed E-state index contributed by atoms with van der Waals surface area (Å²) in [6.07, 6.45) is 2.01. The molecule has 1 heterocycles. The molecule has 0 aliphatic heterocycles. The lowest BCUT2D eigenvalue weighted by molar-refractivity contribution is -0.129. The van der Waals surface area contributed by atoms with Gasteiger partial charge in [0.25, 0.3) is 0 Å². The van der Waals surface area contributed by atoms with E-state index >= 15 is 0 Å². The summed E-state index contributed by atoms with van der Waals surface area (Å²) in [5.74, 6) is -0.269. The molecule has 0 N–H and O–H groups in total. The second kappa shape index (κ2) is 5.93. The number of rotatable bonds is 4. The number of nitrogens with zero attached hydrogens (tertiary/aromatic N) is 2. The summed E-state index contributed by atoms with van der Waals surface area (Å²) in [4.78, 5) is 17.9. The normalized spacial score (nSPS) is 10.5. The standard InChI is InChI=1S/C14H15FN2OS/c1-10-7-12(15)4-3-11(10)8-14(18)17(2)9-13-16-5-6-19-13/h3-7H,8-9H2,1-2H3. The van der Waals surface area contributed by atoms with Gasteiger partial charge in [0.05, 0.1) is 13.0 Å². The monoisotopic (exact) mass is 278 g/mol. The molecule has 0 saturated heterocycles. The zero-order valence-corrected chi connectivity index (χ0v) is 11.7. The molecule has 0 unspecified atom stereocenters. The van der Waals surface area contributed by atoms with Crippen molar-refractivity contribution >= 4 is 17.2 Å². The van der Waals surface area contributed by atoms with Crippen LogP contribution in [0.15, 0.2) is 29.8 Å². The van der Waals surface area contributed by atoms with E-state index in [9.17, 15) is 9.18 Å². The predicted molar refractivity (Wildman–Crippen MR) is 73.4 cm³/mol. The minimum atomic E-state index is -0.273. The number of carbonyl (C=O) groups excluding carboxylic acids is 1. The Labute approximate surface area is 115 Å². The number of benzene rings is 1. The van der Waals surface area contributed by atoms with Crippen LogP contribution in [0.5, 0.6) is 0 Å². The van der Waals surface area contributed by atoms with Gasteiger partial charge in [-0.05, 0) is 30.2 Å². The Morgan fingerprint density at radius 3 is 2.89 bits per heavy atom. The summed E-state index contributed by atoms with van der Waals surface area (Å²) in [5.41, 5.74) is 1.66. The van der Waals surface area contributed by atoms with Crippen molar-refractivity contribution in [2.24, 2.45) is 0 Å².